The maximum atomic E-state index is 10.7. The molecule has 0 bridgehead atoms. The van der Waals surface area contributed by atoms with Gasteiger partial charge in [-0.2, -0.15) is 4.98 Å². The SMILES string of the molecule is O=[N+]([O-])C(Cl)(c1nc(-c2ccccc2)no1)[N+](=O)[O-]. The van der Waals surface area contributed by atoms with E-state index in [1.807, 2.05) is 0 Å². The van der Waals surface area contributed by atoms with Crippen molar-refractivity contribution in [3.63, 3.8) is 0 Å². The average molecular weight is 285 g/mol. The van der Waals surface area contributed by atoms with Crippen LogP contribution in [0.3, 0.4) is 0 Å². The molecule has 0 spiro atoms. The van der Waals surface area contributed by atoms with Crippen molar-refractivity contribution in [2.24, 2.45) is 0 Å². The smallest absolute Gasteiger partial charge is 0.321 e. The highest BCUT2D eigenvalue weighted by Gasteiger charge is 2.63. The van der Waals surface area contributed by atoms with E-state index < -0.39 is 20.9 Å². The minimum atomic E-state index is -3.18. The zero-order valence-electron chi connectivity index (χ0n) is 9.09. The van der Waals surface area contributed by atoms with Crippen LogP contribution in [-0.2, 0) is 5.12 Å². The van der Waals surface area contributed by atoms with Crippen LogP contribution in [0.5, 0.6) is 0 Å². The third-order valence-electron chi connectivity index (χ3n) is 2.21. The quantitative estimate of drug-likeness (QED) is 0.274. The number of benzene rings is 1. The first kappa shape index (κ1) is 12.9. The zero-order chi connectivity index (χ0) is 14.0. The van der Waals surface area contributed by atoms with E-state index in [9.17, 15) is 20.2 Å². The number of hydrogen-bond acceptors (Lipinski definition) is 7. The first-order valence-corrected chi connectivity index (χ1v) is 5.21. The number of nitrogens with zero attached hydrogens (tertiary/aromatic N) is 4. The molecule has 0 unspecified atom stereocenters. The Bertz CT molecular complexity index is 615. The molecule has 0 radical (unpaired) electrons. The molecule has 0 fully saturated rings. The summed E-state index contributed by atoms with van der Waals surface area (Å²) in [5, 5.41) is 21.7. The second kappa shape index (κ2) is 4.61. The summed E-state index contributed by atoms with van der Waals surface area (Å²) in [5.74, 6) is -0.924. The Morgan fingerprint density at radius 3 is 2.26 bits per heavy atom. The molecule has 2 rings (SSSR count). The van der Waals surface area contributed by atoms with Gasteiger partial charge >= 0.3 is 11.0 Å². The first-order valence-electron chi connectivity index (χ1n) is 4.83. The predicted molar refractivity (Wildman–Crippen MR) is 61.3 cm³/mol. The van der Waals surface area contributed by atoms with Crippen molar-refractivity contribution in [3.05, 3.63) is 56.5 Å². The Balaban J connectivity index is 2.46. The van der Waals surface area contributed by atoms with Crippen molar-refractivity contribution in [1.82, 2.24) is 10.1 Å². The summed E-state index contributed by atoms with van der Waals surface area (Å²) in [6.45, 7) is 0. The maximum absolute atomic E-state index is 10.7. The van der Waals surface area contributed by atoms with Gasteiger partial charge in [0.15, 0.2) is 0 Å². The van der Waals surface area contributed by atoms with E-state index in [2.05, 4.69) is 14.7 Å². The molecule has 0 saturated carbocycles. The molecule has 1 aromatic carbocycles. The van der Waals surface area contributed by atoms with Crippen LogP contribution in [0.4, 0.5) is 0 Å². The van der Waals surface area contributed by atoms with Gasteiger partial charge in [-0.15, -0.1) is 0 Å². The molecule has 0 amide bonds. The predicted octanol–water partition coefficient (Wildman–Crippen LogP) is 1.64. The third-order valence-corrected chi connectivity index (χ3v) is 2.65. The van der Waals surface area contributed by atoms with Crippen LogP contribution in [0.25, 0.3) is 11.4 Å². The number of alkyl halides is 1. The van der Waals surface area contributed by atoms with Gasteiger partial charge in [-0.3, -0.25) is 20.2 Å². The van der Waals surface area contributed by atoms with Gasteiger partial charge in [-0.05, 0) is 0 Å². The van der Waals surface area contributed by atoms with E-state index >= 15 is 0 Å². The largest absolute Gasteiger partial charge is 0.616 e. The van der Waals surface area contributed by atoms with Gasteiger partial charge in [0.1, 0.15) is 9.85 Å². The molecule has 1 aromatic heterocycles. The van der Waals surface area contributed by atoms with Crippen LogP contribution in [0, 0.1) is 20.2 Å². The topological polar surface area (TPSA) is 125 Å². The summed E-state index contributed by atoms with van der Waals surface area (Å²) < 4.78 is 4.53. The Kier molecular flexibility index (Phi) is 3.13. The fourth-order valence-corrected chi connectivity index (χ4v) is 1.36. The van der Waals surface area contributed by atoms with Crippen LogP contribution in [0.15, 0.2) is 34.9 Å². The zero-order valence-corrected chi connectivity index (χ0v) is 9.85. The molecule has 0 aliphatic heterocycles. The lowest BCUT2D eigenvalue weighted by atomic mass is 10.2. The molecule has 0 N–H and O–H groups in total. The summed E-state index contributed by atoms with van der Waals surface area (Å²) in [7, 11) is 0. The van der Waals surface area contributed by atoms with Crippen molar-refractivity contribution in [3.8, 4) is 11.4 Å². The standard InChI is InChI=1S/C9H5ClN4O5/c10-9(13(15)16,14(17)18)8-11-7(12-19-8)6-4-2-1-3-5-6/h1-5H. The lowest BCUT2D eigenvalue weighted by molar-refractivity contribution is -0.782. The highest BCUT2D eigenvalue weighted by molar-refractivity contribution is 6.21. The molecular formula is C9H5ClN4O5. The Morgan fingerprint density at radius 1 is 1.16 bits per heavy atom. The van der Waals surface area contributed by atoms with E-state index in [1.54, 1.807) is 30.3 Å². The fourth-order valence-electron chi connectivity index (χ4n) is 1.28. The molecule has 0 saturated heterocycles. The summed E-state index contributed by atoms with van der Waals surface area (Å²) >= 11 is 5.34. The highest BCUT2D eigenvalue weighted by Crippen LogP contribution is 2.30. The van der Waals surface area contributed by atoms with Gasteiger partial charge in [-0.1, -0.05) is 35.5 Å². The summed E-state index contributed by atoms with van der Waals surface area (Å²) in [6.07, 6.45) is 0. The van der Waals surface area contributed by atoms with Gasteiger partial charge in [0, 0.05) is 5.56 Å². The van der Waals surface area contributed by atoms with Crippen molar-refractivity contribution in [2.75, 3.05) is 0 Å². The molecular weight excluding hydrogens is 280 g/mol. The van der Waals surface area contributed by atoms with Gasteiger partial charge in [0.2, 0.25) is 5.82 Å². The van der Waals surface area contributed by atoms with Crippen molar-refractivity contribution in [1.29, 1.82) is 0 Å². The lowest BCUT2D eigenvalue weighted by Gasteiger charge is -2.03. The van der Waals surface area contributed by atoms with E-state index in [-0.39, 0.29) is 5.82 Å². The van der Waals surface area contributed by atoms with E-state index in [4.69, 9.17) is 11.6 Å². The maximum Gasteiger partial charge on any atom is 0.616 e. The van der Waals surface area contributed by atoms with Gasteiger partial charge in [0.25, 0.3) is 0 Å². The van der Waals surface area contributed by atoms with Crippen molar-refractivity contribution < 1.29 is 14.4 Å². The van der Waals surface area contributed by atoms with E-state index in [1.165, 1.54) is 0 Å². The molecule has 0 aliphatic carbocycles. The van der Waals surface area contributed by atoms with Gasteiger partial charge in [-0.25, -0.2) is 0 Å². The summed E-state index contributed by atoms with van der Waals surface area (Å²) in [5.41, 5.74) is 0.489. The van der Waals surface area contributed by atoms with Gasteiger partial charge in [0.05, 0.1) is 11.6 Å². The van der Waals surface area contributed by atoms with Crippen LogP contribution in [0.1, 0.15) is 5.89 Å². The number of halogens is 1. The molecule has 0 aliphatic rings. The molecule has 0 atom stereocenters. The monoisotopic (exact) mass is 284 g/mol. The first-order chi connectivity index (χ1) is 8.96. The molecule has 19 heavy (non-hydrogen) atoms. The van der Waals surface area contributed by atoms with Crippen molar-refractivity contribution in [2.45, 2.75) is 5.12 Å². The van der Waals surface area contributed by atoms with Crippen LogP contribution in [-0.4, -0.2) is 20.0 Å². The summed E-state index contributed by atoms with van der Waals surface area (Å²) in [4.78, 5) is 22.4. The number of nitro groups is 2. The minimum Gasteiger partial charge on any atom is -0.321 e. The van der Waals surface area contributed by atoms with E-state index in [0.29, 0.717) is 5.56 Å². The van der Waals surface area contributed by atoms with Gasteiger partial charge < -0.3 is 4.52 Å². The fraction of sp³-hybridized carbons (Fsp3) is 0.111. The second-order valence-electron chi connectivity index (χ2n) is 3.39. The van der Waals surface area contributed by atoms with Crippen LogP contribution >= 0.6 is 11.6 Å². The number of hydrogen-bond donors (Lipinski definition) is 0. The third kappa shape index (κ3) is 2.10. The average Bonchev–Trinajstić information content (AvgIpc) is 2.88. The second-order valence-corrected chi connectivity index (χ2v) is 3.92. The molecule has 10 heteroatoms. The normalized spacial score (nSPS) is 11.2. The Hall–Kier alpha value is -2.55. The Morgan fingerprint density at radius 2 is 1.74 bits per heavy atom. The molecule has 2 aromatic rings. The number of aromatic nitrogens is 2. The summed E-state index contributed by atoms with van der Waals surface area (Å²) in [6, 6.07) is 8.33. The lowest BCUT2D eigenvalue weighted by Crippen LogP contribution is -2.37. The molecule has 1 heterocycles. The van der Waals surface area contributed by atoms with Crippen LogP contribution < -0.4 is 0 Å². The van der Waals surface area contributed by atoms with E-state index in [0.717, 1.165) is 0 Å². The molecule has 9 nitrogen and oxygen atoms in total. The Labute approximate surface area is 110 Å². The number of rotatable bonds is 4. The highest BCUT2D eigenvalue weighted by atomic mass is 35.5. The van der Waals surface area contributed by atoms with Crippen LogP contribution in [0.2, 0.25) is 0 Å². The molecule has 98 valence electrons. The van der Waals surface area contributed by atoms with Crippen molar-refractivity contribution >= 4 is 11.6 Å². The minimum absolute atomic E-state index is 0.0238.